The third-order valence-corrected chi connectivity index (χ3v) is 8.17. The van der Waals surface area contributed by atoms with Gasteiger partial charge in [0.2, 0.25) is 5.88 Å². The summed E-state index contributed by atoms with van der Waals surface area (Å²) in [6, 6.07) is 5.50. The van der Waals surface area contributed by atoms with Crippen molar-refractivity contribution in [2.75, 3.05) is 25.4 Å². The van der Waals surface area contributed by atoms with Crippen LogP contribution in [0.3, 0.4) is 0 Å². The molecule has 0 radical (unpaired) electrons. The van der Waals surface area contributed by atoms with Crippen LogP contribution in [-0.4, -0.2) is 58.3 Å². The van der Waals surface area contributed by atoms with Crippen molar-refractivity contribution in [3.05, 3.63) is 42.4 Å². The zero-order chi connectivity index (χ0) is 18.2. The molecule has 1 spiro atoms. The van der Waals surface area contributed by atoms with Crippen molar-refractivity contribution in [1.29, 1.82) is 0 Å². The predicted octanol–water partition coefficient (Wildman–Crippen LogP) is 1.37. The van der Waals surface area contributed by atoms with Crippen LogP contribution in [0, 0.1) is 5.92 Å². The molecule has 26 heavy (non-hydrogen) atoms. The Morgan fingerprint density at radius 2 is 2.19 bits per heavy atom. The van der Waals surface area contributed by atoms with E-state index in [1.807, 2.05) is 36.1 Å². The molecule has 140 valence electrons. The Morgan fingerprint density at radius 1 is 1.35 bits per heavy atom. The third-order valence-electron chi connectivity index (χ3n) is 5.57. The molecule has 0 N–H and O–H groups in total. The van der Waals surface area contributed by atoms with E-state index in [0.717, 1.165) is 18.7 Å². The summed E-state index contributed by atoms with van der Waals surface area (Å²) in [7, 11) is -3.09. The van der Waals surface area contributed by atoms with Crippen molar-refractivity contribution in [1.82, 2.24) is 19.7 Å². The van der Waals surface area contributed by atoms with Gasteiger partial charge in [-0.15, -0.1) is 0 Å². The highest BCUT2D eigenvalue weighted by molar-refractivity contribution is 7.93. The number of hydrogen-bond donors (Lipinski definition) is 0. The zero-order valence-electron chi connectivity index (χ0n) is 14.9. The molecule has 4 rings (SSSR count). The van der Waals surface area contributed by atoms with Gasteiger partial charge in [-0.25, -0.2) is 13.4 Å². The van der Waals surface area contributed by atoms with E-state index in [-0.39, 0.29) is 11.7 Å². The first kappa shape index (κ1) is 17.5. The molecular weight excluding hydrogens is 352 g/mol. The second-order valence-electron chi connectivity index (χ2n) is 7.20. The quantitative estimate of drug-likeness (QED) is 0.758. The Balaban J connectivity index is 1.41. The van der Waals surface area contributed by atoms with Crippen molar-refractivity contribution in [3.63, 3.8) is 0 Å². The lowest BCUT2D eigenvalue weighted by atomic mass is 9.83. The molecule has 0 bridgehead atoms. The molecular formula is C18H24N4O3S. The van der Waals surface area contributed by atoms with E-state index >= 15 is 0 Å². The summed E-state index contributed by atoms with van der Waals surface area (Å²) in [6.45, 7) is 5.17. The van der Waals surface area contributed by atoms with Crippen LogP contribution >= 0.6 is 0 Å². The lowest BCUT2D eigenvalue weighted by molar-refractivity contribution is 0.0581. The van der Waals surface area contributed by atoms with Crippen LogP contribution in [0.4, 0.5) is 0 Å². The lowest BCUT2D eigenvalue weighted by Crippen LogP contribution is -2.67. The van der Waals surface area contributed by atoms with Gasteiger partial charge in [0.05, 0.1) is 18.6 Å². The lowest BCUT2D eigenvalue weighted by Gasteiger charge is -2.49. The SMILES string of the molecule is CCn1cc(CN2CC3(C2)C(COc2ccccn2)CCS3(=O)=O)cn1. The van der Waals surface area contributed by atoms with Gasteiger partial charge in [0, 0.05) is 56.1 Å². The molecule has 2 aliphatic rings. The molecule has 2 fully saturated rings. The molecule has 0 aliphatic carbocycles. The summed E-state index contributed by atoms with van der Waals surface area (Å²) >= 11 is 0. The number of aryl methyl sites for hydroxylation is 1. The van der Waals surface area contributed by atoms with E-state index in [2.05, 4.69) is 15.0 Å². The van der Waals surface area contributed by atoms with Gasteiger partial charge >= 0.3 is 0 Å². The number of rotatable bonds is 6. The van der Waals surface area contributed by atoms with E-state index in [0.29, 0.717) is 32.0 Å². The second-order valence-corrected chi connectivity index (χ2v) is 9.65. The van der Waals surface area contributed by atoms with E-state index in [1.54, 1.807) is 12.3 Å². The second kappa shape index (κ2) is 6.66. The normalized spacial score (nSPS) is 23.8. The number of likely N-dealkylation sites (tertiary alicyclic amines) is 1. The van der Waals surface area contributed by atoms with Gasteiger partial charge in [-0.2, -0.15) is 5.10 Å². The third kappa shape index (κ3) is 3.01. The van der Waals surface area contributed by atoms with E-state index < -0.39 is 14.6 Å². The van der Waals surface area contributed by atoms with Gasteiger partial charge in [-0.1, -0.05) is 6.07 Å². The fourth-order valence-corrected chi connectivity index (χ4v) is 6.52. The molecule has 0 amide bonds. The molecule has 2 aliphatic heterocycles. The van der Waals surface area contributed by atoms with Crippen molar-refractivity contribution >= 4 is 9.84 Å². The van der Waals surface area contributed by atoms with Crippen LogP contribution < -0.4 is 4.74 Å². The van der Waals surface area contributed by atoms with E-state index in [1.165, 1.54) is 0 Å². The summed E-state index contributed by atoms with van der Waals surface area (Å²) < 4.78 is 32.4. The maximum atomic E-state index is 12.7. The minimum Gasteiger partial charge on any atom is -0.477 e. The standard InChI is InChI=1S/C18H24N4O3S/c1-2-22-11-15(9-20-22)10-21-13-18(14-21)16(6-8-26(18,23)24)12-25-17-5-3-4-7-19-17/h3-5,7,9,11,16H,2,6,8,10,12-14H2,1H3. The van der Waals surface area contributed by atoms with Crippen LogP contribution in [0.1, 0.15) is 18.9 Å². The minimum absolute atomic E-state index is 0.0177. The average Bonchev–Trinajstić information content (AvgIpc) is 3.16. The van der Waals surface area contributed by atoms with Gasteiger partial charge in [0.25, 0.3) is 0 Å². The first-order chi connectivity index (χ1) is 12.5. The topological polar surface area (TPSA) is 77.3 Å². The van der Waals surface area contributed by atoms with Crippen molar-refractivity contribution < 1.29 is 13.2 Å². The van der Waals surface area contributed by atoms with Crippen molar-refractivity contribution in [2.45, 2.75) is 31.2 Å². The molecule has 1 atom stereocenters. The van der Waals surface area contributed by atoms with Gasteiger partial charge in [-0.05, 0) is 19.4 Å². The maximum absolute atomic E-state index is 12.7. The van der Waals surface area contributed by atoms with Gasteiger partial charge in [-0.3, -0.25) is 9.58 Å². The van der Waals surface area contributed by atoms with Crippen LogP contribution in [0.5, 0.6) is 5.88 Å². The first-order valence-corrected chi connectivity index (χ1v) is 10.7. The number of sulfone groups is 1. The highest BCUT2D eigenvalue weighted by Crippen LogP contribution is 2.45. The highest BCUT2D eigenvalue weighted by atomic mass is 32.2. The van der Waals surface area contributed by atoms with Crippen molar-refractivity contribution in [3.8, 4) is 5.88 Å². The largest absolute Gasteiger partial charge is 0.477 e. The van der Waals surface area contributed by atoms with Crippen molar-refractivity contribution in [2.24, 2.45) is 5.92 Å². The van der Waals surface area contributed by atoms with Crippen LogP contribution in [0.2, 0.25) is 0 Å². The van der Waals surface area contributed by atoms with Gasteiger partial charge in [0.1, 0.15) is 4.75 Å². The van der Waals surface area contributed by atoms with Crippen LogP contribution in [-0.2, 0) is 22.9 Å². The summed E-state index contributed by atoms with van der Waals surface area (Å²) in [4.78, 5) is 6.35. The summed E-state index contributed by atoms with van der Waals surface area (Å²) in [5.74, 6) is 0.824. The average molecular weight is 376 g/mol. The molecule has 4 heterocycles. The molecule has 2 aromatic rings. The summed E-state index contributed by atoms with van der Waals surface area (Å²) in [5, 5.41) is 4.29. The summed E-state index contributed by atoms with van der Waals surface area (Å²) in [5.41, 5.74) is 1.12. The van der Waals surface area contributed by atoms with Crippen LogP contribution in [0.15, 0.2) is 36.8 Å². The van der Waals surface area contributed by atoms with Gasteiger partial charge < -0.3 is 4.74 Å². The molecule has 1 unspecified atom stereocenters. The smallest absolute Gasteiger partial charge is 0.213 e. The Kier molecular flexibility index (Phi) is 4.48. The Labute approximate surface area is 153 Å². The fraction of sp³-hybridized carbons (Fsp3) is 0.556. The minimum atomic E-state index is -3.09. The number of aromatic nitrogens is 3. The number of pyridine rings is 1. The Hall–Kier alpha value is -1.93. The number of hydrogen-bond acceptors (Lipinski definition) is 6. The summed E-state index contributed by atoms with van der Waals surface area (Å²) in [6.07, 6.45) is 6.23. The van der Waals surface area contributed by atoms with E-state index in [9.17, 15) is 8.42 Å². The zero-order valence-corrected chi connectivity index (χ0v) is 15.7. The van der Waals surface area contributed by atoms with Gasteiger partial charge in [0.15, 0.2) is 9.84 Å². The maximum Gasteiger partial charge on any atom is 0.213 e. The molecule has 7 nitrogen and oxygen atoms in total. The first-order valence-electron chi connectivity index (χ1n) is 9.02. The predicted molar refractivity (Wildman–Crippen MR) is 97.5 cm³/mol. The molecule has 0 saturated carbocycles. The van der Waals surface area contributed by atoms with E-state index in [4.69, 9.17) is 4.74 Å². The number of nitrogens with zero attached hydrogens (tertiary/aromatic N) is 4. The number of ether oxygens (including phenoxy) is 1. The highest BCUT2D eigenvalue weighted by Gasteiger charge is 2.61. The molecule has 2 aromatic heterocycles. The molecule has 2 saturated heterocycles. The molecule has 8 heteroatoms. The Bertz CT molecular complexity index is 860. The fourth-order valence-electron chi connectivity index (χ4n) is 4.07. The molecule has 0 aromatic carbocycles. The van der Waals surface area contributed by atoms with Crippen LogP contribution in [0.25, 0.3) is 0 Å². The monoisotopic (exact) mass is 376 g/mol. The Morgan fingerprint density at radius 3 is 2.88 bits per heavy atom.